The number of ether oxygens (including phenoxy) is 2. The zero-order valence-corrected chi connectivity index (χ0v) is 11.7. The van der Waals surface area contributed by atoms with E-state index in [-0.39, 0.29) is 0 Å². The molecule has 0 bridgehead atoms. The maximum atomic E-state index is 11.7. The van der Waals surface area contributed by atoms with E-state index < -0.39 is 18.0 Å². The molecule has 1 aliphatic heterocycles. The van der Waals surface area contributed by atoms with Gasteiger partial charge in [-0.05, 0) is 35.4 Å². The summed E-state index contributed by atoms with van der Waals surface area (Å²) in [6, 6.07) is 0. The van der Waals surface area contributed by atoms with Crippen LogP contribution in [0, 0.1) is 0 Å². The number of esters is 2. The second kappa shape index (κ2) is 6.00. The lowest BCUT2D eigenvalue weighted by Gasteiger charge is -2.15. The van der Waals surface area contributed by atoms with Crippen molar-refractivity contribution in [1.29, 1.82) is 0 Å². The van der Waals surface area contributed by atoms with Crippen molar-refractivity contribution in [2.45, 2.75) is 39.7 Å². The molecule has 0 N–H and O–H groups in total. The first-order valence-electron chi connectivity index (χ1n) is 5.47. The first-order valence-corrected chi connectivity index (χ1v) is 6.26. The standard InChI is InChI=1S/C12H15BrO4/c1-4-6-9(16-7(3)14)10-11(13)8(5-2)17-12(10)15/h5,9H,4,6H2,1-3H3/b8-5-/t9-/m1/s1. The van der Waals surface area contributed by atoms with Crippen LogP contribution in [-0.4, -0.2) is 18.0 Å². The molecule has 1 atom stereocenters. The monoisotopic (exact) mass is 302 g/mol. The highest BCUT2D eigenvalue weighted by molar-refractivity contribution is 9.12. The summed E-state index contributed by atoms with van der Waals surface area (Å²) in [6.45, 7) is 5.06. The van der Waals surface area contributed by atoms with Gasteiger partial charge in [0.15, 0.2) is 0 Å². The summed E-state index contributed by atoms with van der Waals surface area (Å²) >= 11 is 3.31. The lowest BCUT2D eigenvalue weighted by atomic mass is 10.1. The first-order chi connectivity index (χ1) is 8.01. The molecule has 1 heterocycles. The molecule has 0 saturated carbocycles. The Kier molecular flexibility index (Phi) is 4.93. The van der Waals surface area contributed by atoms with Gasteiger partial charge in [-0.25, -0.2) is 4.79 Å². The number of halogens is 1. The van der Waals surface area contributed by atoms with Gasteiger partial charge in [0.1, 0.15) is 11.9 Å². The Morgan fingerprint density at radius 3 is 2.65 bits per heavy atom. The molecule has 17 heavy (non-hydrogen) atoms. The number of cyclic esters (lactones) is 1. The van der Waals surface area contributed by atoms with E-state index in [0.29, 0.717) is 22.2 Å². The van der Waals surface area contributed by atoms with Crippen LogP contribution in [0.1, 0.15) is 33.6 Å². The van der Waals surface area contributed by atoms with Gasteiger partial charge in [0.05, 0.1) is 10.1 Å². The number of carbonyl (C=O) groups is 2. The van der Waals surface area contributed by atoms with Crippen molar-refractivity contribution in [2.75, 3.05) is 0 Å². The van der Waals surface area contributed by atoms with E-state index >= 15 is 0 Å². The van der Waals surface area contributed by atoms with Gasteiger partial charge in [-0.15, -0.1) is 0 Å². The Morgan fingerprint density at radius 2 is 2.24 bits per heavy atom. The number of carbonyl (C=O) groups excluding carboxylic acids is 2. The second-order valence-electron chi connectivity index (χ2n) is 3.66. The van der Waals surface area contributed by atoms with Gasteiger partial charge in [-0.2, -0.15) is 0 Å². The Morgan fingerprint density at radius 1 is 1.59 bits per heavy atom. The predicted molar refractivity (Wildman–Crippen MR) is 66.3 cm³/mol. The molecule has 0 unspecified atom stereocenters. The summed E-state index contributed by atoms with van der Waals surface area (Å²) in [4.78, 5) is 22.7. The molecule has 4 nitrogen and oxygen atoms in total. The van der Waals surface area contributed by atoms with Crippen molar-refractivity contribution in [1.82, 2.24) is 0 Å². The molecule has 0 aromatic rings. The highest BCUT2D eigenvalue weighted by atomic mass is 79.9. The Bertz CT molecular complexity index is 395. The molecule has 1 rings (SSSR count). The minimum atomic E-state index is -0.545. The zero-order chi connectivity index (χ0) is 13.0. The molecular weight excluding hydrogens is 288 g/mol. The molecule has 0 aromatic carbocycles. The molecule has 0 radical (unpaired) electrons. The topological polar surface area (TPSA) is 52.6 Å². The van der Waals surface area contributed by atoms with Crippen LogP contribution >= 0.6 is 15.9 Å². The van der Waals surface area contributed by atoms with E-state index in [1.165, 1.54) is 6.92 Å². The van der Waals surface area contributed by atoms with Gasteiger partial charge >= 0.3 is 11.9 Å². The van der Waals surface area contributed by atoms with Crippen molar-refractivity contribution < 1.29 is 19.1 Å². The van der Waals surface area contributed by atoms with Gasteiger partial charge in [-0.3, -0.25) is 4.79 Å². The fraction of sp³-hybridized carbons (Fsp3) is 0.500. The van der Waals surface area contributed by atoms with Gasteiger partial charge < -0.3 is 9.47 Å². The summed E-state index contributed by atoms with van der Waals surface area (Å²) in [6.07, 6.45) is 2.54. The average molecular weight is 303 g/mol. The third-order valence-electron chi connectivity index (χ3n) is 2.32. The van der Waals surface area contributed by atoms with E-state index in [0.717, 1.165) is 6.42 Å². The third-order valence-corrected chi connectivity index (χ3v) is 3.14. The predicted octanol–water partition coefficient (Wildman–Crippen LogP) is 2.83. The van der Waals surface area contributed by atoms with Crippen molar-refractivity contribution in [3.05, 3.63) is 21.9 Å². The summed E-state index contributed by atoms with van der Waals surface area (Å²) in [7, 11) is 0. The van der Waals surface area contributed by atoms with Crippen molar-refractivity contribution in [3.63, 3.8) is 0 Å². The molecule has 0 amide bonds. The normalized spacial score (nSPS) is 19.5. The Balaban J connectivity index is 3.04. The van der Waals surface area contributed by atoms with Crippen LogP contribution in [0.2, 0.25) is 0 Å². The summed E-state index contributed by atoms with van der Waals surface area (Å²) in [5.41, 5.74) is 0.384. The number of allylic oxidation sites excluding steroid dienone is 2. The molecule has 1 aliphatic rings. The van der Waals surface area contributed by atoms with Crippen LogP contribution in [0.3, 0.4) is 0 Å². The molecule has 0 aliphatic carbocycles. The highest BCUT2D eigenvalue weighted by Crippen LogP contribution is 2.34. The highest BCUT2D eigenvalue weighted by Gasteiger charge is 2.35. The largest absolute Gasteiger partial charge is 0.457 e. The van der Waals surface area contributed by atoms with E-state index in [9.17, 15) is 9.59 Å². The third kappa shape index (κ3) is 3.19. The second-order valence-corrected chi connectivity index (χ2v) is 4.45. The van der Waals surface area contributed by atoms with Gasteiger partial charge in [-0.1, -0.05) is 13.3 Å². The van der Waals surface area contributed by atoms with Crippen LogP contribution in [-0.2, 0) is 19.1 Å². The summed E-state index contributed by atoms with van der Waals surface area (Å²) in [5.74, 6) is -0.388. The average Bonchev–Trinajstić information content (AvgIpc) is 2.52. The fourth-order valence-electron chi connectivity index (χ4n) is 1.61. The molecule has 0 spiro atoms. The summed E-state index contributed by atoms with van der Waals surface area (Å²) in [5, 5.41) is 0. The lowest BCUT2D eigenvalue weighted by Crippen LogP contribution is -2.22. The molecule has 5 heteroatoms. The molecule has 0 aromatic heterocycles. The molecule has 0 saturated heterocycles. The van der Waals surface area contributed by atoms with E-state index in [1.807, 2.05) is 6.92 Å². The van der Waals surface area contributed by atoms with Crippen molar-refractivity contribution in [3.8, 4) is 0 Å². The Hall–Kier alpha value is -1.10. The van der Waals surface area contributed by atoms with Crippen LogP contribution < -0.4 is 0 Å². The molecule has 0 fully saturated rings. The van der Waals surface area contributed by atoms with Gasteiger partial charge in [0.25, 0.3) is 0 Å². The minimum absolute atomic E-state index is 0.384. The van der Waals surface area contributed by atoms with Crippen LogP contribution in [0.15, 0.2) is 21.9 Å². The molecular formula is C12H15BrO4. The maximum absolute atomic E-state index is 11.7. The number of hydrogen-bond donors (Lipinski definition) is 0. The quantitative estimate of drug-likeness (QED) is 0.749. The van der Waals surface area contributed by atoms with Crippen LogP contribution in [0.4, 0.5) is 0 Å². The van der Waals surface area contributed by atoms with E-state index in [2.05, 4.69) is 15.9 Å². The lowest BCUT2D eigenvalue weighted by molar-refractivity contribution is -0.146. The van der Waals surface area contributed by atoms with Gasteiger partial charge in [0.2, 0.25) is 0 Å². The SMILES string of the molecule is C/C=C1\OC(=O)C([C@@H](CCC)OC(C)=O)=C1Br. The van der Waals surface area contributed by atoms with Crippen LogP contribution in [0.5, 0.6) is 0 Å². The van der Waals surface area contributed by atoms with E-state index in [1.54, 1.807) is 13.0 Å². The van der Waals surface area contributed by atoms with Crippen molar-refractivity contribution in [2.24, 2.45) is 0 Å². The smallest absolute Gasteiger partial charge is 0.344 e. The van der Waals surface area contributed by atoms with Gasteiger partial charge in [0, 0.05) is 6.92 Å². The Labute approximate surface area is 109 Å². The summed E-state index contributed by atoms with van der Waals surface area (Å²) < 4.78 is 10.8. The minimum Gasteiger partial charge on any atom is -0.457 e. The van der Waals surface area contributed by atoms with Crippen molar-refractivity contribution >= 4 is 27.9 Å². The number of hydrogen-bond acceptors (Lipinski definition) is 4. The van der Waals surface area contributed by atoms with E-state index in [4.69, 9.17) is 9.47 Å². The number of rotatable bonds is 4. The zero-order valence-electron chi connectivity index (χ0n) is 10.1. The fourth-order valence-corrected chi connectivity index (χ4v) is 2.33. The first kappa shape index (κ1) is 14.0. The molecule has 94 valence electrons. The maximum Gasteiger partial charge on any atom is 0.344 e. The van der Waals surface area contributed by atoms with Crippen LogP contribution in [0.25, 0.3) is 0 Å².